The Kier molecular flexibility index (Phi) is 3.19. The minimum absolute atomic E-state index is 0.0445. The molecule has 2 rings (SSSR count). The number of esters is 1. The second kappa shape index (κ2) is 4.45. The first-order valence-electron chi connectivity index (χ1n) is 4.60. The van der Waals surface area contributed by atoms with Gasteiger partial charge in [-0.15, -0.1) is 0 Å². The van der Waals surface area contributed by atoms with E-state index < -0.39 is 18.2 Å². The molecule has 2 unspecified atom stereocenters. The van der Waals surface area contributed by atoms with Crippen LogP contribution < -0.4 is 0 Å². The number of hydrogen-bond donors (Lipinski definition) is 1. The summed E-state index contributed by atoms with van der Waals surface area (Å²) in [6.45, 7) is 0. The SMILES string of the molecule is O=C1OC(C(O)c2ccccc2)C(Cl)=C1Cl. The minimum atomic E-state index is -1.01. The van der Waals surface area contributed by atoms with Crippen LogP contribution in [-0.4, -0.2) is 17.2 Å². The van der Waals surface area contributed by atoms with Crippen LogP contribution in [0.4, 0.5) is 0 Å². The molecule has 1 aliphatic heterocycles. The van der Waals surface area contributed by atoms with Crippen molar-refractivity contribution in [2.45, 2.75) is 12.2 Å². The Labute approximate surface area is 102 Å². The Hall–Kier alpha value is -1.03. The van der Waals surface area contributed by atoms with Crippen molar-refractivity contribution in [1.82, 2.24) is 0 Å². The van der Waals surface area contributed by atoms with Gasteiger partial charge in [0.05, 0.1) is 5.03 Å². The van der Waals surface area contributed by atoms with Crippen molar-refractivity contribution in [3.63, 3.8) is 0 Å². The number of carbonyl (C=O) groups is 1. The second-order valence-corrected chi connectivity index (χ2v) is 4.13. The highest BCUT2D eigenvalue weighted by molar-refractivity contribution is 6.48. The van der Waals surface area contributed by atoms with Crippen molar-refractivity contribution in [3.8, 4) is 0 Å². The van der Waals surface area contributed by atoms with Crippen LogP contribution in [0.5, 0.6) is 0 Å². The third-order valence-electron chi connectivity index (χ3n) is 2.30. The predicted molar refractivity (Wildman–Crippen MR) is 60.0 cm³/mol. The van der Waals surface area contributed by atoms with Gasteiger partial charge in [0.25, 0.3) is 0 Å². The maximum atomic E-state index is 11.1. The summed E-state index contributed by atoms with van der Waals surface area (Å²) in [6, 6.07) is 8.80. The Morgan fingerprint density at radius 2 is 1.88 bits per heavy atom. The van der Waals surface area contributed by atoms with Gasteiger partial charge in [-0.2, -0.15) is 0 Å². The normalized spacial score (nSPS) is 22.2. The van der Waals surface area contributed by atoms with Crippen molar-refractivity contribution in [2.24, 2.45) is 0 Å². The van der Waals surface area contributed by atoms with E-state index in [-0.39, 0.29) is 10.1 Å². The van der Waals surface area contributed by atoms with Crippen molar-refractivity contribution in [3.05, 3.63) is 46.0 Å². The van der Waals surface area contributed by atoms with Gasteiger partial charge < -0.3 is 9.84 Å². The van der Waals surface area contributed by atoms with Crippen LogP contribution in [0, 0.1) is 0 Å². The fraction of sp³-hybridized carbons (Fsp3) is 0.182. The van der Waals surface area contributed by atoms with Crippen LogP contribution in [0.15, 0.2) is 40.4 Å². The highest BCUT2D eigenvalue weighted by atomic mass is 35.5. The predicted octanol–water partition coefficient (Wildman–Crippen LogP) is 2.33. The quantitative estimate of drug-likeness (QED) is 0.829. The van der Waals surface area contributed by atoms with E-state index in [1.165, 1.54) is 0 Å². The molecule has 0 amide bonds. The summed E-state index contributed by atoms with van der Waals surface area (Å²) < 4.78 is 4.88. The van der Waals surface area contributed by atoms with Gasteiger partial charge in [-0.25, -0.2) is 4.79 Å². The number of cyclic esters (lactones) is 1. The van der Waals surface area contributed by atoms with Crippen LogP contribution in [0.1, 0.15) is 11.7 Å². The third-order valence-corrected chi connectivity index (χ3v) is 3.16. The number of rotatable bonds is 2. The molecule has 1 aromatic rings. The highest BCUT2D eigenvalue weighted by Crippen LogP contribution is 2.35. The number of ether oxygens (including phenoxy) is 1. The first kappa shape index (κ1) is 11.5. The zero-order valence-corrected chi connectivity index (χ0v) is 9.57. The van der Waals surface area contributed by atoms with Crippen LogP contribution >= 0.6 is 23.2 Å². The number of carbonyl (C=O) groups excluding carboxylic acids is 1. The number of aliphatic hydroxyl groups is 1. The summed E-state index contributed by atoms with van der Waals surface area (Å²) in [5, 5.41) is 9.85. The molecule has 0 fully saturated rings. The molecule has 1 N–H and O–H groups in total. The minimum Gasteiger partial charge on any atom is -0.449 e. The van der Waals surface area contributed by atoms with E-state index in [9.17, 15) is 9.90 Å². The molecular formula is C11H8Cl2O3. The molecule has 84 valence electrons. The van der Waals surface area contributed by atoms with Crippen molar-refractivity contribution < 1.29 is 14.6 Å². The smallest absolute Gasteiger partial charge is 0.351 e. The van der Waals surface area contributed by atoms with Gasteiger partial charge in [-0.3, -0.25) is 0 Å². The third kappa shape index (κ3) is 1.94. The largest absolute Gasteiger partial charge is 0.449 e. The van der Waals surface area contributed by atoms with E-state index in [1.54, 1.807) is 24.3 Å². The van der Waals surface area contributed by atoms with Crippen molar-refractivity contribution >= 4 is 29.2 Å². The Balaban J connectivity index is 2.25. The molecule has 1 aromatic carbocycles. The molecule has 3 nitrogen and oxygen atoms in total. The summed E-state index contributed by atoms with van der Waals surface area (Å²) in [6.07, 6.45) is -1.92. The summed E-state index contributed by atoms with van der Waals surface area (Å²) in [5.74, 6) is -0.702. The lowest BCUT2D eigenvalue weighted by Gasteiger charge is -2.17. The van der Waals surface area contributed by atoms with E-state index in [0.717, 1.165) is 0 Å². The van der Waals surface area contributed by atoms with Gasteiger partial charge in [0.15, 0.2) is 6.10 Å². The van der Waals surface area contributed by atoms with Gasteiger partial charge in [-0.05, 0) is 5.56 Å². The van der Waals surface area contributed by atoms with Gasteiger partial charge in [0.2, 0.25) is 0 Å². The molecule has 0 aromatic heterocycles. The summed E-state index contributed by atoms with van der Waals surface area (Å²) in [7, 11) is 0. The van der Waals surface area contributed by atoms with E-state index in [2.05, 4.69) is 0 Å². The van der Waals surface area contributed by atoms with E-state index in [1.807, 2.05) is 6.07 Å². The fourth-order valence-corrected chi connectivity index (χ4v) is 1.86. The van der Waals surface area contributed by atoms with E-state index in [4.69, 9.17) is 27.9 Å². The van der Waals surface area contributed by atoms with Crippen molar-refractivity contribution in [1.29, 1.82) is 0 Å². The molecule has 0 saturated carbocycles. The monoisotopic (exact) mass is 258 g/mol. The lowest BCUT2D eigenvalue weighted by Crippen LogP contribution is -2.20. The highest BCUT2D eigenvalue weighted by Gasteiger charge is 2.37. The number of aliphatic hydroxyl groups excluding tert-OH is 1. The summed E-state index contributed by atoms with van der Waals surface area (Å²) in [4.78, 5) is 11.1. The molecule has 16 heavy (non-hydrogen) atoms. The molecule has 0 aliphatic carbocycles. The zero-order chi connectivity index (χ0) is 11.7. The Morgan fingerprint density at radius 3 is 2.38 bits per heavy atom. The maximum absolute atomic E-state index is 11.1. The topological polar surface area (TPSA) is 46.5 Å². The van der Waals surface area contributed by atoms with Gasteiger partial charge in [-0.1, -0.05) is 53.5 Å². The Morgan fingerprint density at radius 1 is 1.25 bits per heavy atom. The van der Waals surface area contributed by atoms with Gasteiger partial charge in [0, 0.05) is 0 Å². The lowest BCUT2D eigenvalue weighted by molar-refractivity contribution is -0.143. The molecule has 1 heterocycles. The molecular weight excluding hydrogens is 251 g/mol. The van der Waals surface area contributed by atoms with Gasteiger partial charge in [0.1, 0.15) is 11.1 Å². The van der Waals surface area contributed by atoms with Gasteiger partial charge >= 0.3 is 5.97 Å². The first-order valence-corrected chi connectivity index (χ1v) is 5.36. The number of hydrogen-bond acceptors (Lipinski definition) is 3. The van der Waals surface area contributed by atoms with Crippen molar-refractivity contribution in [2.75, 3.05) is 0 Å². The molecule has 0 bridgehead atoms. The van der Waals surface area contributed by atoms with Crippen LogP contribution in [-0.2, 0) is 9.53 Å². The summed E-state index contributed by atoms with van der Waals surface area (Å²) >= 11 is 11.4. The van der Waals surface area contributed by atoms with Crippen LogP contribution in [0.3, 0.4) is 0 Å². The maximum Gasteiger partial charge on any atom is 0.351 e. The van der Waals surface area contributed by atoms with Crippen LogP contribution in [0.25, 0.3) is 0 Å². The molecule has 0 radical (unpaired) electrons. The fourth-order valence-electron chi connectivity index (χ4n) is 1.47. The lowest BCUT2D eigenvalue weighted by atomic mass is 10.0. The number of benzene rings is 1. The van der Waals surface area contributed by atoms with E-state index >= 15 is 0 Å². The zero-order valence-electron chi connectivity index (χ0n) is 8.06. The van der Waals surface area contributed by atoms with E-state index in [0.29, 0.717) is 5.56 Å². The summed E-state index contributed by atoms with van der Waals surface area (Å²) in [5.41, 5.74) is 0.616. The molecule has 0 saturated heterocycles. The number of halogens is 2. The molecule has 1 aliphatic rings. The average molecular weight is 259 g/mol. The first-order chi connectivity index (χ1) is 7.61. The average Bonchev–Trinajstić information content (AvgIpc) is 2.57. The molecule has 5 heteroatoms. The second-order valence-electron chi connectivity index (χ2n) is 3.34. The Bertz CT molecular complexity index is 442. The van der Waals surface area contributed by atoms with Crippen LogP contribution in [0.2, 0.25) is 0 Å². The molecule has 0 spiro atoms. The standard InChI is InChI=1S/C11H8Cl2O3/c12-7-8(13)11(15)16-10(7)9(14)6-4-2-1-3-5-6/h1-5,9-10,14H. The molecule has 2 atom stereocenters.